The van der Waals surface area contributed by atoms with Crippen LogP contribution in [0.2, 0.25) is 0 Å². The van der Waals surface area contributed by atoms with Crippen LogP contribution in [-0.4, -0.2) is 0 Å². The van der Waals surface area contributed by atoms with Gasteiger partial charge in [-0.3, -0.25) is 0 Å². The third-order valence-corrected chi connectivity index (χ3v) is 5.50. The van der Waals surface area contributed by atoms with Gasteiger partial charge in [-0.2, -0.15) is 0 Å². The van der Waals surface area contributed by atoms with Crippen molar-refractivity contribution in [1.29, 1.82) is 0 Å². The maximum atomic E-state index is 2.56. The first-order chi connectivity index (χ1) is 6.92. The molecule has 0 aliphatic heterocycles. The minimum Gasteiger partial charge on any atom is -0.0738 e. The van der Waals surface area contributed by atoms with Crippen molar-refractivity contribution in [3.63, 3.8) is 0 Å². The lowest BCUT2D eigenvalue weighted by Gasteiger charge is -2.26. The molecule has 0 bridgehead atoms. The highest BCUT2D eigenvalue weighted by molar-refractivity contribution is 5.30. The van der Waals surface area contributed by atoms with Gasteiger partial charge >= 0.3 is 0 Å². The zero-order valence-electron chi connectivity index (χ0n) is 10.7. The van der Waals surface area contributed by atoms with E-state index in [9.17, 15) is 0 Å². The van der Waals surface area contributed by atoms with Gasteiger partial charge in [-0.05, 0) is 61.7 Å². The van der Waals surface area contributed by atoms with Gasteiger partial charge in [0, 0.05) is 0 Å². The second kappa shape index (κ2) is 2.70. The molecule has 15 heavy (non-hydrogen) atoms. The maximum absolute atomic E-state index is 2.56. The number of fused-ring (bicyclic) bond motifs is 3. The zero-order chi connectivity index (χ0) is 10.8. The Morgan fingerprint density at radius 3 is 2.60 bits per heavy atom. The Bertz CT molecular complexity index is 334. The monoisotopic (exact) mass is 204 g/mol. The van der Waals surface area contributed by atoms with Crippen molar-refractivity contribution in [3.8, 4) is 0 Å². The molecule has 2 fully saturated rings. The molecule has 0 nitrogen and oxygen atoms in total. The van der Waals surface area contributed by atoms with Crippen molar-refractivity contribution < 1.29 is 0 Å². The van der Waals surface area contributed by atoms with Crippen molar-refractivity contribution in [2.45, 2.75) is 59.8 Å². The Labute approximate surface area is 94.1 Å². The Kier molecular flexibility index (Phi) is 1.79. The standard InChI is InChI=1S/C15H24/c1-10-5-6-13-12(10)9-14(2,3)7-11-8-15(11,13)4/h11,13H,5-9H2,1-4H3. The number of hydrogen-bond donors (Lipinski definition) is 0. The molecule has 0 spiro atoms. The lowest BCUT2D eigenvalue weighted by Crippen LogP contribution is -2.14. The molecule has 0 amide bonds. The van der Waals surface area contributed by atoms with Crippen LogP contribution in [0.1, 0.15) is 59.8 Å². The first kappa shape index (κ1) is 9.93. The second-order valence-electron chi connectivity index (χ2n) is 7.35. The Hall–Kier alpha value is -0.260. The van der Waals surface area contributed by atoms with Gasteiger partial charge in [-0.1, -0.05) is 31.9 Å². The van der Waals surface area contributed by atoms with Crippen LogP contribution in [0.5, 0.6) is 0 Å². The SMILES string of the molecule is CC1=C2CC(C)(C)CC3CC3(C)C2CC1. The summed E-state index contributed by atoms with van der Waals surface area (Å²) in [6.07, 6.45) is 7.22. The van der Waals surface area contributed by atoms with Crippen LogP contribution in [0, 0.1) is 22.7 Å². The summed E-state index contributed by atoms with van der Waals surface area (Å²) in [7, 11) is 0. The molecule has 2 saturated carbocycles. The van der Waals surface area contributed by atoms with Crippen LogP contribution < -0.4 is 0 Å². The third-order valence-electron chi connectivity index (χ3n) is 5.50. The topological polar surface area (TPSA) is 0 Å². The van der Waals surface area contributed by atoms with Crippen molar-refractivity contribution in [1.82, 2.24) is 0 Å². The molecular weight excluding hydrogens is 180 g/mol. The van der Waals surface area contributed by atoms with E-state index in [0.29, 0.717) is 10.8 Å². The summed E-state index contributed by atoms with van der Waals surface area (Å²) in [5, 5.41) is 0. The van der Waals surface area contributed by atoms with E-state index in [1.807, 2.05) is 5.57 Å². The van der Waals surface area contributed by atoms with E-state index < -0.39 is 0 Å². The lowest BCUT2D eigenvalue weighted by atomic mass is 9.79. The predicted molar refractivity (Wildman–Crippen MR) is 64.7 cm³/mol. The largest absolute Gasteiger partial charge is 0.0738 e. The van der Waals surface area contributed by atoms with Crippen molar-refractivity contribution in [2.75, 3.05) is 0 Å². The minimum atomic E-state index is 0.568. The lowest BCUT2D eigenvalue weighted by molar-refractivity contribution is 0.307. The predicted octanol–water partition coefficient (Wildman–Crippen LogP) is 4.56. The third kappa shape index (κ3) is 1.33. The molecule has 0 aromatic heterocycles. The summed E-state index contributed by atoms with van der Waals surface area (Å²) in [6, 6.07) is 0. The fourth-order valence-electron chi connectivity index (χ4n) is 4.45. The molecule has 3 aliphatic carbocycles. The molecular formula is C15H24. The normalized spacial score (nSPS) is 47.2. The summed E-state index contributed by atoms with van der Waals surface area (Å²) in [5.74, 6) is 2.00. The first-order valence-corrected chi connectivity index (χ1v) is 6.61. The van der Waals surface area contributed by atoms with E-state index >= 15 is 0 Å². The number of allylic oxidation sites excluding steroid dienone is 2. The van der Waals surface area contributed by atoms with Gasteiger partial charge in [-0.25, -0.2) is 0 Å². The fourth-order valence-corrected chi connectivity index (χ4v) is 4.45. The Morgan fingerprint density at radius 1 is 1.13 bits per heavy atom. The van der Waals surface area contributed by atoms with Gasteiger partial charge in [0.2, 0.25) is 0 Å². The van der Waals surface area contributed by atoms with E-state index in [4.69, 9.17) is 0 Å². The highest BCUT2D eigenvalue weighted by Gasteiger charge is 2.59. The van der Waals surface area contributed by atoms with Crippen molar-refractivity contribution >= 4 is 0 Å². The van der Waals surface area contributed by atoms with Gasteiger partial charge in [0.25, 0.3) is 0 Å². The molecule has 0 saturated heterocycles. The molecule has 0 heteroatoms. The Morgan fingerprint density at radius 2 is 1.87 bits per heavy atom. The van der Waals surface area contributed by atoms with Gasteiger partial charge < -0.3 is 0 Å². The molecule has 3 unspecified atom stereocenters. The van der Waals surface area contributed by atoms with Gasteiger partial charge in [0.05, 0.1) is 0 Å². The maximum Gasteiger partial charge on any atom is -0.0141 e. The molecule has 0 aromatic carbocycles. The van der Waals surface area contributed by atoms with E-state index in [0.717, 1.165) is 11.8 Å². The molecule has 0 aromatic rings. The van der Waals surface area contributed by atoms with E-state index in [2.05, 4.69) is 27.7 Å². The van der Waals surface area contributed by atoms with E-state index in [-0.39, 0.29) is 0 Å². The molecule has 0 N–H and O–H groups in total. The summed E-state index contributed by atoms with van der Waals surface area (Å²) < 4.78 is 0. The highest BCUT2D eigenvalue weighted by Crippen LogP contribution is 2.69. The van der Waals surface area contributed by atoms with Crippen LogP contribution in [0.25, 0.3) is 0 Å². The van der Waals surface area contributed by atoms with Crippen LogP contribution in [-0.2, 0) is 0 Å². The van der Waals surface area contributed by atoms with Crippen LogP contribution in [0.15, 0.2) is 11.1 Å². The average molecular weight is 204 g/mol. The van der Waals surface area contributed by atoms with Gasteiger partial charge in [-0.15, -0.1) is 0 Å². The van der Waals surface area contributed by atoms with Crippen molar-refractivity contribution in [2.24, 2.45) is 22.7 Å². The highest BCUT2D eigenvalue weighted by atomic mass is 14.6. The van der Waals surface area contributed by atoms with E-state index in [1.54, 1.807) is 5.57 Å². The van der Waals surface area contributed by atoms with Crippen LogP contribution >= 0.6 is 0 Å². The fraction of sp³-hybridized carbons (Fsp3) is 0.867. The summed E-state index contributed by atoms with van der Waals surface area (Å²) in [5.41, 5.74) is 4.88. The molecule has 84 valence electrons. The summed E-state index contributed by atoms with van der Waals surface area (Å²) in [4.78, 5) is 0. The van der Waals surface area contributed by atoms with Gasteiger partial charge in [0.1, 0.15) is 0 Å². The zero-order valence-corrected chi connectivity index (χ0v) is 10.7. The molecule has 3 aliphatic rings. The van der Waals surface area contributed by atoms with Crippen molar-refractivity contribution in [3.05, 3.63) is 11.1 Å². The Balaban J connectivity index is 2.01. The van der Waals surface area contributed by atoms with Crippen LogP contribution in [0.3, 0.4) is 0 Å². The summed E-state index contributed by atoms with van der Waals surface area (Å²) >= 11 is 0. The molecule has 0 heterocycles. The number of hydrogen-bond acceptors (Lipinski definition) is 0. The second-order valence-corrected chi connectivity index (χ2v) is 7.35. The van der Waals surface area contributed by atoms with E-state index in [1.165, 1.54) is 32.1 Å². The molecule has 3 rings (SSSR count). The molecule has 3 atom stereocenters. The minimum absolute atomic E-state index is 0.568. The van der Waals surface area contributed by atoms with Crippen LogP contribution in [0.4, 0.5) is 0 Å². The first-order valence-electron chi connectivity index (χ1n) is 6.61. The number of rotatable bonds is 0. The van der Waals surface area contributed by atoms with Gasteiger partial charge in [0.15, 0.2) is 0 Å². The quantitative estimate of drug-likeness (QED) is 0.507. The molecule has 0 radical (unpaired) electrons. The average Bonchev–Trinajstić information content (AvgIpc) is 2.59. The smallest absolute Gasteiger partial charge is 0.0141 e. The summed E-state index contributed by atoms with van der Waals surface area (Å²) in [6.45, 7) is 9.90.